The van der Waals surface area contributed by atoms with Gasteiger partial charge in [0.2, 0.25) is 5.91 Å². The minimum absolute atomic E-state index is 0.00444. The fraction of sp³-hybridized carbons (Fsp3) is 0.391. The summed E-state index contributed by atoms with van der Waals surface area (Å²) in [6.07, 6.45) is 4.13. The van der Waals surface area contributed by atoms with Crippen LogP contribution in [0.5, 0.6) is 0 Å². The van der Waals surface area contributed by atoms with Crippen molar-refractivity contribution in [3.8, 4) is 0 Å². The molecule has 1 aliphatic heterocycles. The quantitative estimate of drug-likeness (QED) is 0.431. The number of benzene rings is 2. The highest BCUT2D eigenvalue weighted by Gasteiger charge is 2.26. The summed E-state index contributed by atoms with van der Waals surface area (Å²) in [6, 6.07) is 12.7. The molecule has 4 rings (SSSR count). The van der Waals surface area contributed by atoms with Gasteiger partial charge in [-0.2, -0.15) is 0 Å². The summed E-state index contributed by atoms with van der Waals surface area (Å²) in [5.41, 5.74) is 1.65. The smallest absolute Gasteiger partial charge is 0.233 e. The molecular formula is C23H26N2O4S3. The van der Waals surface area contributed by atoms with E-state index in [0.717, 1.165) is 40.1 Å². The Morgan fingerprint density at radius 1 is 1.25 bits per heavy atom. The van der Waals surface area contributed by atoms with Crippen LogP contribution in [0.3, 0.4) is 0 Å². The molecule has 0 saturated carbocycles. The van der Waals surface area contributed by atoms with Crippen LogP contribution in [0.4, 0.5) is 5.13 Å². The fourth-order valence-electron chi connectivity index (χ4n) is 3.67. The van der Waals surface area contributed by atoms with E-state index >= 15 is 0 Å². The first-order valence-electron chi connectivity index (χ1n) is 10.6. The van der Waals surface area contributed by atoms with Crippen molar-refractivity contribution in [3.63, 3.8) is 0 Å². The highest BCUT2D eigenvalue weighted by molar-refractivity contribution is 7.98. The molecule has 3 aromatic rings. The molecule has 1 saturated heterocycles. The van der Waals surface area contributed by atoms with Crippen LogP contribution in [0.1, 0.15) is 25.3 Å². The standard InChI is InChI=1S/C23H26N2O4S3/c1-3-32(27,28)19-9-6-16(7-10-19)13-22(26)25(15-17-5-4-12-29-17)23-24-20-11-8-18(30-2)14-21(20)31-23/h6-11,14,17H,3-5,12-13,15H2,1-2H3. The van der Waals surface area contributed by atoms with Gasteiger partial charge in [0.15, 0.2) is 15.0 Å². The summed E-state index contributed by atoms with van der Waals surface area (Å²) >= 11 is 3.19. The highest BCUT2D eigenvalue weighted by atomic mass is 32.2. The maximum absolute atomic E-state index is 13.4. The summed E-state index contributed by atoms with van der Waals surface area (Å²) in [5.74, 6) is -0.0215. The second kappa shape index (κ2) is 9.91. The first kappa shape index (κ1) is 23.2. The van der Waals surface area contributed by atoms with Gasteiger partial charge in [-0.05, 0) is 55.0 Å². The molecule has 1 aromatic heterocycles. The number of thioether (sulfide) groups is 1. The summed E-state index contributed by atoms with van der Waals surface area (Å²) < 4.78 is 31.0. The number of hydrogen-bond donors (Lipinski definition) is 0. The molecule has 170 valence electrons. The summed E-state index contributed by atoms with van der Waals surface area (Å²) in [4.78, 5) is 21.3. The Labute approximate surface area is 196 Å². The van der Waals surface area contributed by atoms with Gasteiger partial charge in [-0.3, -0.25) is 9.69 Å². The minimum atomic E-state index is -3.26. The molecule has 1 atom stereocenters. The maximum Gasteiger partial charge on any atom is 0.233 e. The van der Waals surface area contributed by atoms with Crippen molar-refractivity contribution in [1.29, 1.82) is 0 Å². The van der Waals surface area contributed by atoms with Crippen LogP contribution in [0.15, 0.2) is 52.3 Å². The van der Waals surface area contributed by atoms with Gasteiger partial charge < -0.3 is 4.74 Å². The summed E-state index contributed by atoms with van der Waals surface area (Å²) in [6.45, 7) is 2.81. The van der Waals surface area contributed by atoms with E-state index in [1.807, 2.05) is 18.4 Å². The summed E-state index contributed by atoms with van der Waals surface area (Å²) in [7, 11) is -3.26. The number of thiazole rings is 1. The average molecular weight is 491 g/mol. The number of ether oxygens (including phenoxy) is 1. The first-order valence-corrected chi connectivity index (χ1v) is 14.3. The number of sulfone groups is 1. The van der Waals surface area contributed by atoms with E-state index in [1.165, 1.54) is 11.3 Å². The van der Waals surface area contributed by atoms with Crippen LogP contribution in [0, 0.1) is 0 Å². The number of nitrogens with zero attached hydrogens (tertiary/aromatic N) is 2. The molecule has 0 spiro atoms. The molecule has 1 aliphatic rings. The van der Waals surface area contributed by atoms with E-state index in [1.54, 1.807) is 47.9 Å². The van der Waals surface area contributed by atoms with Gasteiger partial charge in [0.25, 0.3) is 0 Å². The van der Waals surface area contributed by atoms with Crippen molar-refractivity contribution in [1.82, 2.24) is 4.98 Å². The lowest BCUT2D eigenvalue weighted by Gasteiger charge is -2.23. The largest absolute Gasteiger partial charge is 0.376 e. The van der Waals surface area contributed by atoms with E-state index in [0.29, 0.717) is 11.7 Å². The van der Waals surface area contributed by atoms with E-state index in [-0.39, 0.29) is 29.1 Å². The van der Waals surface area contributed by atoms with Crippen molar-refractivity contribution in [2.75, 3.05) is 30.1 Å². The van der Waals surface area contributed by atoms with Crippen molar-refractivity contribution in [2.24, 2.45) is 0 Å². The second-order valence-corrected chi connectivity index (χ2v) is 11.9. The Kier molecular flexibility index (Phi) is 7.19. The van der Waals surface area contributed by atoms with Crippen LogP contribution in [-0.4, -0.2) is 50.6 Å². The Bertz CT molecular complexity index is 1200. The second-order valence-electron chi connectivity index (χ2n) is 7.69. The van der Waals surface area contributed by atoms with Gasteiger partial charge in [-0.15, -0.1) is 11.8 Å². The summed E-state index contributed by atoms with van der Waals surface area (Å²) in [5, 5.41) is 0.670. The van der Waals surface area contributed by atoms with Crippen molar-refractivity contribution in [2.45, 2.75) is 42.1 Å². The van der Waals surface area contributed by atoms with Gasteiger partial charge in [0, 0.05) is 11.5 Å². The molecule has 1 fully saturated rings. The number of carbonyl (C=O) groups is 1. The zero-order valence-electron chi connectivity index (χ0n) is 18.1. The van der Waals surface area contributed by atoms with Gasteiger partial charge in [0.1, 0.15) is 0 Å². The van der Waals surface area contributed by atoms with Crippen molar-refractivity contribution in [3.05, 3.63) is 48.0 Å². The lowest BCUT2D eigenvalue weighted by molar-refractivity contribution is -0.118. The molecule has 0 bridgehead atoms. The SMILES string of the molecule is CCS(=O)(=O)c1ccc(CC(=O)N(CC2CCCO2)c2nc3ccc(SC)cc3s2)cc1. The lowest BCUT2D eigenvalue weighted by Crippen LogP contribution is -2.38. The molecule has 9 heteroatoms. The number of hydrogen-bond acceptors (Lipinski definition) is 7. The van der Waals surface area contributed by atoms with Crippen LogP contribution in [-0.2, 0) is 25.8 Å². The van der Waals surface area contributed by atoms with E-state index in [2.05, 4.69) is 6.07 Å². The zero-order chi connectivity index (χ0) is 22.7. The van der Waals surface area contributed by atoms with E-state index in [9.17, 15) is 13.2 Å². The molecule has 1 unspecified atom stereocenters. The van der Waals surface area contributed by atoms with E-state index < -0.39 is 9.84 Å². The molecule has 1 amide bonds. The molecule has 2 aromatic carbocycles. The number of amides is 1. The van der Waals surface area contributed by atoms with Crippen LogP contribution in [0.25, 0.3) is 10.2 Å². The molecule has 0 radical (unpaired) electrons. The predicted octanol–water partition coefficient (Wildman–Crippen LogP) is 4.57. The zero-order valence-corrected chi connectivity index (χ0v) is 20.6. The predicted molar refractivity (Wildman–Crippen MR) is 131 cm³/mol. The molecule has 0 aliphatic carbocycles. The number of aromatic nitrogens is 1. The highest BCUT2D eigenvalue weighted by Crippen LogP contribution is 2.32. The topological polar surface area (TPSA) is 76.6 Å². The lowest BCUT2D eigenvalue weighted by atomic mass is 10.1. The molecule has 32 heavy (non-hydrogen) atoms. The maximum atomic E-state index is 13.4. The molecular weight excluding hydrogens is 464 g/mol. The van der Waals surface area contributed by atoms with Gasteiger partial charge in [-0.1, -0.05) is 30.4 Å². The number of fused-ring (bicyclic) bond motifs is 1. The van der Waals surface area contributed by atoms with Gasteiger partial charge in [-0.25, -0.2) is 13.4 Å². The molecule has 0 N–H and O–H groups in total. The monoisotopic (exact) mass is 490 g/mol. The normalized spacial score (nSPS) is 16.5. The number of anilines is 1. The third-order valence-corrected chi connectivity index (χ3v) is 9.06. The Morgan fingerprint density at radius 2 is 2.03 bits per heavy atom. The average Bonchev–Trinajstić information content (AvgIpc) is 3.46. The Balaban J connectivity index is 1.59. The van der Waals surface area contributed by atoms with E-state index in [4.69, 9.17) is 9.72 Å². The van der Waals surface area contributed by atoms with Gasteiger partial charge in [0.05, 0.1) is 39.9 Å². The Morgan fingerprint density at radius 3 is 2.69 bits per heavy atom. The van der Waals surface area contributed by atoms with Crippen molar-refractivity contribution < 1.29 is 17.9 Å². The minimum Gasteiger partial charge on any atom is -0.376 e. The first-order chi connectivity index (χ1) is 15.4. The van der Waals surface area contributed by atoms with Crippen LogP contribution in [0.2, 0.25) is 0 Å². The third-order valence-electron chi connectivity index (χ3n) is 5.54. The fourth-order valence-corrected chi connectivity index (χ4v) is 6.10. The number of carbonyl (C=O) groups excluding carboxylic acids is 1. The van der Waals surface area contributed by atoms with Gasteiger partial charge >= 0.3 is 0 Å². The third kappa shape index (κ3) is 5.17. The van der Waals surface area contributed by atoms with Crippen LogP contribution < -0.4 is 4.90 Å². The number of rotatable bonds is 8. The van der Waals surface area contributed by atoms with Crippen molar-refractivity contribution >= 4 is 54.2 Å². The molecule has 2 heterocycles. The van der Waals surface area contributed by atoms with Crippen LogP contribution >= 0.6 is 23.1 Å². The Hall–Kier alpha value is -1.94. The molecule has 6 nitrogen and oxygen atoms in total.